The van der Waals surface area contributed by atoms with Crippen molar-refractivity contribution < 1.29 is 9.18 Å². The van der Waals surface area contributed by atoms with Crippen LogP contribution in [-0.2, 0) is 6.54 Å². The number of nitrogens with one attached hydrogen (secondary N) is 2. The molecule has 0 saturated carbocycles. The van der Waals surface area contributed by atoms with Gasteiger partial charge in [-0.1, -0.05) is 21.1 Å². The number of piperidine rings is 1. The van der Waals surface area contributed by atoms with Gasteiger partial charge in [0.2, 0.25) is 0 Å². The van der Waals surface area contributed by atoms with Gasteiger partial charge in [0.1, 0.15) is 5.82 Å². The van der Waals surface area contributed by atoms with Crippen LogP contribution in [0.2, 0.25) is 0 Å². The summed E-state index contributed by atoms with van der Waals surface area (Å²) in [6.07, 6.45) is 3.62. The molecule has 2 N–H and O–H groups in total. The van der Waals surface area contributed by atoms with Gasteiger partial charge < -0.3 is 10.6 Å². The number of nitrogens with zero attached hydrogens (tertiary/aromatic N) is 3. The molecule has 0 atom stereocenters. The van der Waals surface area contributed by atoms with E-state index < -0.39 is 0 Å². The van der Waals surface area contributed by atoms with Crippen molar-refractivity contribution in [2.24, 2.45) is 0 Å². The summed E-state index contributed by atoms with van der Waals surface area (Å²) in [4.78, 5) is 12.2. The summed E-state index contributed by atoms with van der Waals surface area (Å²) in [5.74, 6) is -0.657. The van der Waals surface area contributed by atoms with E-state index in [1.807, 2.05) is 0 Å². The van der Waals surface area contributed by atoms with Crippen molar-refractivity contribution in [3.8, 4) is 0 Å². The van der Waals surface area contributed by atoms with Crippen molar-refractivity contribution in [3.05, 3.63) is 45.9 Å². The molecular formula is C15H17BrFN5O. The Hall–Kier alpha value is -1.80. The zero-order valence-corrected chi connectivity index (χ0v) is 14.0. The van der Waals surface area contributed by atoms with Gasteiger partial charge in [0.25, 0.3) is 5.91 Å². The zero-order chi connectivity index (χ0) is 16.2. The Labute approximate surface area is 141 Å². The number of carbonyl (C=O) groups excluding carboxylic acids is 1. The first-order valence-corrected chi connectivity index (χ1v) is 8.27. The summed E-state index contributed by atoms with van der Waals surface area (Å²) in [7, 11) is 0. The van der Waals surface area contributed by atoms with Crippen LogP contribution >= 0.6 is 15.9 Å². The molecule has 0 spiro atoms. The third-order valence-electron chi connectivity index (χ3n) is 3.87. The van der Waals surface area contributed by atoms with Gasteiger partial charge in [0.15, 0.2) is 5.69 Å². The Morgan fingerprint density at radius 3 is 3.00 bits per heavy atom. The zero-order valence-electron chi connectivity index (χ0n) is 12.4. The van der Waals surface area contributed by atoms with Crippen LogP contribution in [-0.4, -0.2) is 34.0 Å². The van der Waals surface area contributed by atoms with E-state index >= 15 is 0 Å². The van der Waals surface area contributed by atoms with Crippen LogP contribution < -0.4 is 10.6 Å². The number of hydrogen-bond acceptors (Lipinski definition) is 4. The third-order valence-corrected chi connectivity index (χ3v) is 4.65. The van der Waals surface area contributed by atoms with Crippen molar-refractivity contribution >= 4 is 21.8 Å². The Bertz CT molecular complexity index is 699. The molecule has 1 aliphatic heterocycles. The highest BCUT2D eigenvalue weighted by Crippen LogP contribution is 2.18. The Kier molecular flexibility index (Phi) is 5.02. The number of hydrogen-bond donors (Lipinski definition) is 2. The van der Waals surface area contributed by atoms with Gasteiger partial charge in [-0.15, -0.1) is 5.10 Å². The van der Waals surface area contributed by atoms with E-state index in [1.165, 1.54) is 12.1 Å². The lowest BCUT2D eigenvalue weighted by atomic mass is 10.1. The van der Waals surface area contributed by atoms with E-state index in [-0.39, 0.29) is 30.0 Å². The number of carbonyl (C=O) groups is 1. The molecule has 0 bridgehead atoms. The normalized spacial score (nSPS) is 15.6. The Morgan fingerprint density at radius 2 is 2.22 bits per heavy atom. The van der Waals surface area contributed by atoms with Crippen molar-refractivity contribution in [1.29, 1.82) is 0 Å². The highest BCUT2D eigenvalue weighted by atomic mass is 79.9. The summed E-state index contributed by atoms with van der Waals surface area (Å²) in [5.41, 5.74) is 0.945. The molecule has 1 aliphatic rings. The summed E-state index contributed by atoms with van der Waals surface area (Å²) < 4.78 is 15.7. The molecule has 0 radical (unpaired) electrons. The average molecular weight is 382 g/mol. The minimum Gasteiger partial charge on any atom is -0.346 e. The van der Waals surface area contributed by atoms with Crippen molar-refractivity contribution in [2.45, 2.75) is 25.4 Å². The van der Waals surface area contributed by atoms with Crippen LogP contribution in [0.25, 0.3) is 0 Å². The first-order valence-electron chi connectivity index (χ1n) is 7.48. The molecule has 8 heteroatoms. The molecule has 122 valence electrons. The molecule has 1 saturated heterocycles. The second-order valence-electron chi connectivity index (χ2n) is 5.48. The van der Waals surface area contributed by atoms with Gasteiger partial charge in [-0.25, -0.2) is 9.07 Å². The second kappa shape index (κ2) is 7.18. The van der Waals surface area contributed by atoms with E-state index in [4.69, 9.17) is 0 Å². The standard InChI is InChI=1S/C15H17BrFN5O/c16-13-2-1-11(17)7-10(13)8-19-15(23)14-9-22(21-20-14)12-3-5-18-6-4-12/h1-2,7,9,12,18H,3-6,8H2,(H,19,23). The first kappa shape index (κ1) is 16.1. The molecule has 0 unspecified atom stereocenters. The van der Waals surface area contributed by atoms with E-state index in [9.17, 15) is 9.18 Å². The molecule has 6 nitrogen and oxygen atoms in total. The van der Waals surface area contributed by atoms with E-state index in [2.05, 4.69) is 36.9 Å². The van der Waals surface area contributed by atoms with E-state index in [0.717, 1.165) is 30.4 Å². The van der Waals surface area contributed by atoms with Crippen LogP contribution in [0, 0.1) is 5.82 Å². The molecule has 2 heterocycles. The molecule has 2 aromatic rings. The molecule has 1 aromatic carbocycles. The molecule has 1 amide bonds. The topological polar surface area (TPSA) is 71.8 Å². The molecule has 3 rings (SSSR count). The number of rotatable bonds is 4. The van der Waals surface area contributed by atoms with Crippen LogP contribution in [0.3, 0.4) is 0 Å². The minimum atomic E-state index is -0.339. The smallest absolute Gasteiger partial charge is 0.273 e. The first-order chi connectivity index (χ1) is 11.1. The monoisotopic (exact) mass is 381 g/mol. The number of amides is 1. The van der Waals surface area contributed by atoms with Crippen LogP contribution in [0.5, 0.6) is 0 Å². The average Bonchev–Trinajstić information content (AvgIpc) is 3.06. The summed E-state index contributed by atoms with van der Waals surface area (Å²) >= 11 is 3.34. The molecule has 0 aliphatic carbocycles. The van der Waals surface area contributed by atoms with Crippen molar-refractivity contribution in [1.82, 2.24) is 25.6 Å². The summed E-state index contributed by atoms with van der Waals surface area (Å²) in [5, 5.41) is 14.0. The van der Waals surface area contributed by atoms with Gasteiger partial charge in [-0.2, -0.15) is 0 Å². The highest BCUT2D eigenvalue weighted by Gasteiger charge is 2.18. The lowest BCUT2D eigenvalue weighted by Crippen LogP contribution is -2.29. The number of halogens is 2. The van der Waals surface area contributed by atoms with Crippen molar-refractivity contribution in [2.75, 3.05) is 13.1 Å². The summed E-state index contributed by atoms with van der Waals surface area (Å²) in [6, 6.07) is 4.64. The SMILES string of the molecule is O=C(NCc1cc(F)ccc1Br)c1cn(C2CCNCC2)nn1. The van der Waals surface area contributed by atoms with Crippen molar-refractivity contribution in [3.63, 3.8) is 0 Å². The molecule has 1 aromatic heterocycles. The molecule has 1 fully saturated rings. The Morgan fingerprint density at radius 1 is 1.43 bits per heavy atom. The summed E-state index contributed by atoms with van der Waals surface area (Å²) in [6.45, 7) is 2.11. The largest absolute Gasteiger partial charge is 0.346 e. The third kappa shape index (κ3) is 3.94. The maximum absolute atomic E-state index is 13.2. The Balaban J connectivity index is 1.62. The number of aromatic nitrogens is 3. The lowest BCUT2D eigenvalue weighted by Gasteiger charge is -2.22. The predicted octanol–water partition coefficient (Wildman–Crippen LogP) is 2.03. The van der Waals surface area contributed by atoms with Crippen LogP contribution in [0.1, 0.15) is 34.9 Å². The fourth-order valence-electron chi connectivity index (χ4n) is 2.58. The maximum atomic E-state index is 13.2. The van der Waals surface area contributed by atoms with Gasteiger partial charge in [-0.3, -0.25) is 4.79 Å². The van der Waals surface area contributed by atoms with E-state index in [1.54, 1.807) is 16.9 Å². The maximum Gasteiger partial charge on any atom is 0.273 e. The predicted molar refractivity (Wildman–Crippen MR) is 86.4 cm³/mol. The lowest BCUT2D eigenvalue weighted by molar-refractivity contribution is 0.0945. The molecular weight excluding hydrogens is 365 g/mol. The quantitative estimate of drug-likeness (QED) is 0.849. The van der Waals surface area contributed by atoms with Crippen LogP contribution in [0.4, 0.5) is 4.39 Å². The van der Waals surface area contributed by atoms with Gasteiger partial charge >= 0.3 is 0 Å². The fourth-order valence-corrected chi connectivity index (χ4v) is 2.96. The highest BCUT2D eigenvalue weighted by molar-refractivity contribution is 9.10. The van der Waals surface area contributed by atoms with E-state index in [0.29, 0.717) is 5.56 Å². The number of benzene rings is 1. The van der Waals surface area contributed by atoms with Gasteiger partial charge in [0, 0.05) is 11.0 Å². The van der Waals surface area contributed by atoms with Gasteiger partial charge in [-0.05, 0) is 49.7 Å². The fraction of sp³-hybridized carbons (Fsp3) is 0.400. The minimum absolute atomic E-state index is 0.220. The van der Waals surface area contributed by atoms with Gasteiger partial charge in [0.05, 0.1) is 12.2 Å². The second-order valence-corrected chi connectivity index (χ2v) is 6.34. The van der Waals surface area contributed by atoms with Crippen LogP contribution in [0.15, 0.2) is 28.9 Å². The molecule has 23 heavy (non-hydrogen) atoms.